The Morgan fingerprint density at radius 3 is 1.81 bits per heavy atom. The normalized spacial score (nSPS) is 14.7. The molecule has 0 saturated carbocycles. The molecule has 1 aliphatic rings. The monoisotopic (exact) mass is 405 g/mol. The Morgan fingerprint density at radius 2 is 1.19 bits per heavy atom. The predicted molar refractivity (Wildman–Crippen MR) is 123 cm³/mol. The molecule has 5 rings (SSSR count). The van der Waals surface area contributed by atoms with Crippen LogP contribution in [0.1, 0.15) is 38.7 Å². The van der Waals surface area contributed by atoms with Crippen LogP contribution >= 0.6 is 0 Å². The SMILES string of the molecule is O=C1OC(c2ccc(N(Cc3ccccc3)Cc3ccccc3)cc2)c2ccccc21. The molecule has 0 spiro atoms. The second-order valence-electron chi connectivity index (χ2n) is 7.79. The van der Waals surface area contributed by atoms with Crippen LogP contribution < -0.4 is 4.90 Å². The minimum Gasteiger partial charge on any atom is -0.449 e. The van der Waals surface area contributed by atoms with E-state index in [4.69, 9.17) is 4.74 Å². The molecule has 0 fully saturated rings. The Morgan fingerprint density at radius 1 is 0.645 bits per heavy atom. The maximum absolute atomic E-state index is 12.2. The molecule has 0 radical (unpaired) electrons. The summed E-state index contributed by atoms with van der Waals surface area (Å²) >= 11 is 0. The van der Waals surface area contributed by atoms with Crippen molar-refractivity contribution in [3.63, 3.8) is 0 Å². The lowest BCUT2D eigenvalue weighted by Crippen LogP contribution is -2.22. The van der Waals surface area contributed by atoms with Crippen molar-refractivity contribution in [1.82, 2.24) is 0 Å². The van der Waals surface area contributed by atoms with Gasteiger partial charge in [-0.1, -0.05) is 91.0 Å². The summed E-state index contributed by atoms with van der Waals surface area (Å²) in [5, 5.41) is 0. The summed E-state index contributed by atoms with van der Waals surface area (Å²) in [4.78, 5) is 14.6. The summed E-state index contributed by atoms with van der Waals surface area (Å²) in [5.41, 5.74) is 6.25. The number of hydrogen-bond acceptors (Lipinski definition) is 3. The van der Waals surface area contributed by atoms with Crippen molar-refractivity contribution < 1.29 is 9.53 Å². The van der Waals surface area contributed by atoms with Gasteiger partial charge in [0, 0.05) is 24.3 Å². The van der Waals surface area contributed by atoms with E-state index in [9.17, 15) is 4.79 Å². The lowest BCUT2D eigenvalue weighted by atomic mass is 9.99. The van der Waals surface area contributed by atoms with Crippen molar-refractivity contribution in [3.8, 4) is 0 Å². The van der Waals surface area contributed by atoms with Crippen LogP contribution in [-0.2, 0) is 17.8 Å². The molecule has 1 unspecified atom stereocenters. The summed E-state index contributed by atoms with van der Waals surface area (Å²) in [6.07, 6.45) is -0.338. The maximum Gasteiger partial charge on any atom is 0.339 e. The van der Waals surface area contributed by atoms with E-state index in [0.717, 1.165) is 29.9 Å². The van der Waals surface area contributed by atoms with Gasteiger partial charge in [0.05, 0.1) is 5.56 Å². The van der Waals surface area contributed by atoms with Crippen LogP contribution in [0.25, 0.3) is 0 Å². The fourth-order valence-electron chi connectivity index (χ4n) is 4.10. The van der Waals surface area contributed by atoms with Crippen LogP contribution in [0, 0.1) is 0 Å². The van der Waals surface area contributed by atoms with Crippen molar-refractivity contribution in [1.29, 1.82) is 0 Å². The molecule has 31 heavy (non-hydrogen) atoms. The minimum atomic E-state index is -0.338. The second-order valence-corrected chi connectivity index (χ2v) is 7.79. The van der Waals surface area contributed by atoms with E-state index < -0.39 is 0 Å². The standard InChI is InChI=1S/C28H23NO2/c30-28-26-14-8-7-13-25(26)27(31-28)23-15-17-24(18-16-23)29(19-21-9-3-1-4-10-21)20-22-11-5-2-6-12-22/h1-18,27H,19-20H2. The molecule has 0 bridgehead atoms. The highest BCUT2D eigenvalue weighted by Crippen LogP contribution is 2.36. The summed E-state index contributed by atoms with van der Waals surface area (Å²) in [7, 11) is 0. The van der Waals surface area contributed by atoms with E-state index in [1.54, 1.807) is 0 Å². The molecule has 3 nitrogen and oxygen atoms in total. The van der Waals surface area contributed by atoms with Crippen molar-refractivity contribution in [2.45, 2.75) is 19.2 Å². The zero-order valence-electron chi connectivity index (χ0n) is 17.1. The van der Waals surface area contributed by atoms with E-state index in [-0.39, 0.29) is 12.1 Å². The van der Waals surface area contributed by atoms with Gasteiger partial charge in [0.25, 0.3) is 0 Å². The van der Waals surface area contributed by atoms with E-state index in [0.29, 0.717) is 5.56 Å². The van der Waals surface area contributed by atoms with Crippen molar-refractivity contribution >= 4 is 11.7 Å². The second kappa shape index (κ2) is 8.49. The van der Waals surface area contributed by atoms with Crippen LogP contribution in [0.3, 0.4) is 0 Å². The first-order valence-corrected chi connectivity index (χ1v) is 10.5. The van der Waals surface area contributed by atoms with Gasteiger partial charge in [0.2, 0.25) is 0 Å². The molecular weight excluding hydrogens is 382 g/mol. The molecular formula is C28H23NO2. The lowest BCUT2D eigenvalue weighted by Gasteiger charge is -2.26. The van der Waals surface area contributed by atoms with Gasteiger partial charge in [0.1, 0.15) is 0 Å². The van der Waals surface area contributed by atoms with E-state index in [2.05, 4.69) is 77.7 Å². The third-order valence-electron chi connectivity index (χ3n) is 5.68. The molecule has 4 aromatic rings. The first-order chi connectivity index (χ1) is 15.3. The summed E-state index contributed by atoms with van der Waals surface area (Å²) in [6.45, 7) is 1.63. The number of ether oxygens (including phenoxy) is 1. The largest absolute Gasteiger partial charge is 0.449 e. The number of carbonyl (C=O) groups is 1. The first-order valence-electron chi connectivity index (χ1n) is 10.5. The van der Waals surface area contributed by atoms with E-state index >= 15 is 0 Å². The van der Waals surface area contributed by atoms with Crippen LogP contribution in [0.5, 0.6) is 0 Å². The third-order valence-corrected chi connectivity index (χ3v) is 5.68. The molecule has 0 aromatic heterocycles. The third kappa shape index (κ3) is 4.08. The number of esters is 1. The number of benzene rings is 4. The average molecular weight is 405 g/mol. The Bertz CT molecular complexity index is 1130. The van der Waals surface area contributed by atoms with Crippen LogP contribution in [-0.4, -0.2) is 5.97 Å². The summed E-state index contributed by atoms with van der Waals surface area (Å²) in [5.74, 6) is -0.251. The molecule has 3 heteroatoms. The zero-order chi connectivity index (χ0) is 21.0. The molecule has 0 aliphatic carbocycles. The molecule has 0 amide bonds. The summed E-state index contributed by atoms with van der Waals surface area (Å²) in [6, 6.07) is 37.0. The van der Waals surface area contributed by atoms with Gasteiger partial charge in [-0.2, -0.15) is 0 Å². The highest BCUT2D eigenvalue weighted by molar-refractivity contribution is 5.94. The van der Waals surface area contributed by atoms with E-state index in [1.165, 1.54) is 11.1 Å². The number of anilines is 1. The van der Waals surface area contributed by atoms with Gasteiger partial charge in [-0.05, 0) is 34.9 Å². The van der Waals surface area contributed by atoms with Gasteiger partial charge in [-0.15, -0.1) is 0 Å². The Hall–Kier alpha value is -3.85. The zero-order valence-corrected chi connectivity index (χ0v) is 17.1. The minimum absolute atomic E-state index is 0.251. The predicted octanol–water partition coefficient (Wildman–Crippen LogP) is 6.15. The van der Waals surface area contributed by atoms with E-state index in [1.807, 2.05) is 36.4 Å². The number of carbonyl (C=O) groups excluding carboxylic acids is 1. The Labute approximate surface area is 182 Å². The molecule has 1 aliphatic heterocycles. The van der Waals surface area contributed by atoms with Crippen molar-refractivity contribution in [2.75, 3.05) is 4.90 Å². The number of rotatable bonds is 6. The Balaban J connectivity index is 1.43. The summed E-state index contributed by atoms with van der Waals surface area (Å²) < 4.78 is 5.66. The smallest absolute Gasteiger partial charge is 0.339 e. The topological polar surface area (TPSA) is 29.5 Å². The van der Waals surface area contributed by atoms with Crippen LogP contribution in [0.4, 0.5) is 5.69 Å². The lowest BCUT2D eigenvalue weighted by molar-refractivity contribution is 0.0456. The van der Waals surface area contributed by atoms with Gasteiger partial charge >= 0.3 is 5.97 Å². The average Bonchev–Trinajstić information content (AvgIpc) is 3.17. The first kappa shape index (κ1) is 19.1. The molecule has 0 N–H and O–H groups in total. The number of nitrogens with zero attached hydrogens (tertiary/aromatic N) is 1. The van der Waals surface area contributed by atoms with Gasteiger partial charge in [-0.3, -0.25) is 0 Å². The number of cyclic esters (lactones) is 1. The highest BCUT2D eigenvalue weighted by atomic mass is 16.5. The van der Waals surface area contributed by atoms with Crippen LogP contribution in [0.15, 0.2) is 109 Å². The fourth-order valence-corrected chi connectivity index (χ4v) is 4.10. The van der Waals surface area contributed by atoms with Crippen molar-refractivity contribution in [2.24, 2.45) is 0 Å². The molecule has 1 heterocycles. The molecule has 1 atom stereocenters. The number of hydrogen-bond donors (Lipinski definition) is 0. The van der Waals surface area contributed by atoms with Crippen LogP contribution in [0.2, 0.25) is 0 Å². The van der Waals surface area contributed by atoms with Gasteiger partial charge in [0.15, 0.2) is 6.10 Å². The molecule has 0 saturated heterocycles. The van der Waals surface area contributed by atoms with Crippen molar-refractivity contribution in [3.05, 3.63) is 137 Å². The molecule has 4 aromatic carbocycles. The van der Waals surface area contributed by atoms with Gasteiger partial charge < -0.3 is 9.64 Å². The maximum atomic E-state index is 12.2. The highest BCUT2D eigenvalue weighted by Gasteiger charge is 2.31. The Kier molecular flexibility index (Phi) is 5.24. The van der Waals surface area contributed by atoms with Gasteiger partial charge in [-0.25, -0.2) is 4.79 Å². The fraction of sp³-hybridized carbons (Fsp3) is 0.107. The quantitative estimate of drug-likeness (QED) is 0.360. The number of fused-ring (bicyclic) bond motifs is 1. The molecule has 152 valence electrons.